The third-order valence-electron chi connectivity index (χ3n) is 3.17. The number of aliphatic hydroxyl groups excluding tert-OH is 1. The van der Waals surface area contributed by atoms with Crippen LogP contribution in [0.1, 0.15) is 41.1 Å². The Labute approximate surface area is 126 Å². The Kier molecular flexibility index (Phi) is 4.81. The number of hydrogen-bond acceptors (Lipinski definition) is 3. The molecule has 0 aliphatic rings. The Morgan fingerprint density at radius 2 is 2.16 bits per heavy atom. The Balaban J connectivity index is 2.25. The lowest BCUT2D eigenvalue weighted by Gasteiger charge is -2.10. The van der Waals surface area contributed by atoms with E-state index >= 15 is 0 Å². The van der Waals surface area contributed by atoms with Crippen molar-refractivity contribution < 1.29 is 5.11 Å². The predicted octanol–water partition coefficient (Wildman–Crippen LogP) is 3.87. The van der Waals surface area contributed by atoms with E-state index < -0.39 is 6.10 Å². The predicted molar refractivity (Wildman–Crippen MR) is 82.7 cm³/mol. The standard InChI is InChI=1S/C14H19BrN2OS/c1-4-10-14(15)11(17(5-2)16-10)8-12(18)13-7-6-9(3)19-13/h6-7,12,18H,4-5,8H2,1-3H3. The van der Waals surface area contributed by atoms with Crippen LogP contribution in [0.4, 0.5) is 0 Å². The third-order valence-corrected chi connectivity index (χ3v) is 5.19. The first kappa shape index (κ1) is 14.8. The van der Waals surface area contributed by atoms with Crippen LogP contribution in [-0.4, -0.2) is 14.9 Å². The van der Waals surface area contributed by atoms with Crippen molar-refractivity contribution >= 4 is 27.3 Å². The lowest BCUT2D eigenvalue weighted by Crippen LogP contribution is -2.08. The van der Waals surface area contributed by atoms with Crippen LogP contribution in [0.15, 0.2) is 16.6 Å². The van der Waals surface area contributed by atoms with Gasteiger partial charge in [-0.15, -0.1) is 11.3 Å². The van der Waals surface area contributed by atoms with Crippen molar-refractivity contribution in [3.63, 3.8) is 0 Å². The molecule has 0 saturated carbocycles. The smallest absolute Gasteiger partial charge is 0.0937 e. The van der Waals surface area contributed by atoms with Crippen LogP contribution in [-0.2, 0) is 19.4 Å². The zero-order valence-corrected chi connectivity index (χ0v) is 13.9. The van der Waals surface area contributed by atoms with Gasteiger partial charge in [0.2, 0.25) is 0 Å². The van der Waals surface area contributed by atoms with Crippen LogP contribution < -0.4 is 0 Å². The topological polar surface area (TPSA) is 38.0 Å². The molecular weight excluding hydrogens is 324 g/mol. The molecule has 5 heteroatoms. The maximum atomic E-state index is 10.4. The lowest BCUT2D eigenvalue weighted by atomic mass is 10.1. The minimum Gasteiger partial charge on any atom is -0.387 e. The number of aromatic nitrogens is 2. The molecule has 0 aliphatic heterocycles. The van der Waals surface area contributed by atoms with Crippen LogP contribution in [0.2, 0.25) is 0 Å². The highest BCUT2D eigenvalue weighted by Gasteiger charge is 2.19. The van der Waals surface area contributed by atoms with Gasteiger partial charge in [0.15, 0.2) is 0 Å². The number of nitrogens with zero attached hydrogens (tertiary/aromatic N) is 2. The number of aliphatic hydroxyl groups is 1. The number of rotatable bonds is 5. The second kappa shape index (κ2) is 6.20. The van der Waals surface area contributed by atoms with Crippen molar-refractivity contribution in [1.29, 1.82) is 0 Å². The molecule has 0 bridgehead atoms. The number of halogens is 1. The van der Waals surface area contributed by atoms with Crippen molar-refractivity contribution in [2.45, 2.75) is 46.3 Å². The highest BCUT2D eigenvalue weighted by Crippen LogP contribution is 2.30. The van der Waals surface area contributed by atoms with Gasteiger partial charge in [-0.1, -0.05) is 6.92 Å². The summed E-state index contributed by atoms with van der Waals surface area (Å²) < 4.78 is 3.02. The van der Waals surface area contributed by atoms with Gasteiger partial charge in [-0.2, -0.15) is 5.10 Å². The molecule has 2 rings (SSSR count). The molecule has 0 fully saturated rings. The zero-order valence-electron chi connectivity index (χ0n) is 11.5. The second-order valence-corrected chi connectivity index (χ2v) is 6.66. The molecule has 0 spiro atoms. The maximum Gasteiger partial charge on any atom is 0.0937 e. The van der Waals surface area contributed by atoms with Crippen LogP contribution in [0, 0.1) is 6.92 Å². The SMILES string of the molecule is CCc1nn(CC)c(CC(O)c2ccc(C)s2)c1Br. The summed E-state index contributed by atoms with van der Waals surface area (Å²) >= 11 is 5.27. The van der Waals surface area contributed by atoms with Gasteiger partial charge in [-0.3, -0.25) is 4.68 Å². The summed E-state index contributed by atoms with van der Waals surface area (Å²) in [6.07, 6.45) is 1.04. The Hall–Kier alpha value is -0.650. The van der Waals surface area contributed by atoms with E-state index in [1.54, 1.807) is 11.3 Å². The monoisotopic (exact) mass is 342 g/mol. The molecule has 3 nitrogen and oxygen atoms in total. The highest BCUT2D eigenvalue weighted by molar-refractivity contribution is 9.10. The van der Waals surface area contributed by atoms with Gasteiger partial charge in [-0.25, -0.2) is 0 Å². The van der Waals surface area contributed by atoms with Crippen molar-refractivity contribution in [1.82, 2.24) is 9.78 Å². The fraction of sp³-hybridized carbons (Fsp3) is 0.500. The Morgan fingerprint density at radius 3 is 2.68 bits per heavy atom. The summed E-state index contributed by atoms with van der Waals surface area (Å²) in [5, 5.41) is 14.9. The average Bonchev–Trinajstić information content (AvgIpc) is 2.95. The first-order valence-corrected chi connectivity index (χ1v) is 8.16. The lowest BCUT2D eigenvalue weighted by molar-refractivity contribution is 0.179. The maximum absolute atomic E-state index is 10.4. The number of thiophene rings is 1. The van der Waals surface area contributed by atoms with E-state index in [4.69, 9.17) is 0 Å². The van der Waals surface area contributed by atoms with Crippen molar-refractivity contribution in [2.75, 3.05) is 0 Å². The second-order valence-electron chi connectivity index (χ2n) is 4.55. The molecule has 0 amide bonds. The van der Waals surface area contributed by atoms with E-state index in [0.29, 0.717) is 6.42 Å². The van der Waals surface area contributed by atoms with Crippen molar-refractivity contribution in [2.24, 2.45) is 0 Å². The van der Waals surface area contributed by atoms with E-state index in [0.717, 1.165) is 33.7 Å². The van der Waals surface area contributed by atoms with E-state index in [-0.39, 0.29) is 0 Å². The molecule has 1 N–H and O–H groups in total. The fourth-order valence-corrected chi connectivity index (χ4v) is 3.72. The summed E-state index contributed by atoms with van der Waals surface area (Å²) in [6, 6.07) is 4.05. The van der Waals surface area contributed by atoms with E-state index in [1.807, 2.05) is 16.8 Å². The average molecular weight is 343 g/mol. The normalized spacial score (nSPS) is 12.9. The molecule has 1 atom stereocenters. The third kappa shape index (κ3) is 3.09. The summed E-state index contributed by atoms with van der Waals surface area (Å²) in [5.41, 5.74) is 2.14. The molecule has 2 aromatic heterocycles. The Bertz CT molecular complexity index is 562. The van der Waals surface area contributed by atoms with Crippen LogP contribution in [0.25, 0.3) is 0 Å². The minimum absolute atomic E-state index is 0.457. The summed E-state index contributed by atoms with van der Waals surface area (Å²) in [6.45, 7) is 7.05. The molecular formula is C14H19BrN2OS. The molecule has 0 aliphatic carbocycles. The summed E-state index contributed by atoms with van der Waals surface area (Å²) in [4.78, 5) is 2.25. The number of hydrogen-bond donors (Lipinski definition) is 1. The Morgan fingerprint density at radius 1 is 1.42 bits per heavy atom. The summed E-state index contributed by atoms with van der Waals surface area (Å²) in [5.74, 6) is 0. The van der Waals surface area contributed by atoms with E-state index in [1.165, 1.54) is 4.88 Å². The quantitative estimate of drug-likeness (QED) is 0.895. The zero-order chi connectivity index (χ0) is 14.0. The summed E-state index contributed by atoms with van der Waals surface area (Å²) in [7, 11) is 0. The molecule has 2 aromatic rings. The van der Waals surface area contributed by atoms with Crippen molar-refractivity contribution in [3.8, 4) is 0 Å². The van der Waals surface area contributed by atoms with Crippen LogP contribution >= 0.6 is 27.3 Å². The molecule has 0 radical (unpaired) electrons. The van der Waals surface area contributed by atoms with Gasteiger partial charge in [0, 0.05) is 22.7 Å². The van der Waals surface area contributed by atoms with Gasteiger partial charge in [0.25, 0.3) is 0 Å². The highest BCUT2D eigenvalue weighted by atomic mass is 79.9. The van der Waals surface area contributed by atoms with Gasteiger partial charge < -0.3 is 5.11 Å². The molecule has 104 valence electrons. The molecule has 1 unspecified atom stereocenters. The molecule has 0 aromatic carbocycles. The fourth-order valence-electron chi connectivity index (χ4n) is 2.13. The van der Waals surface area contributed by atoms with Crippen LogP contribution in [0.3, 0.4) is 0 Å². The molecule has 19 heavy (non-hydrogen) atoms. The van der Waals surface area contributed by atoms with Crippen LogP contribution in [0.5, 0.6) is 0 Å². The van der Waals surface area contributed by atoms with Gasteiger partial charge in [0.1, 0.15) is 0 Å². The van der Waals surface area contributed by atoms with E-state index in [9.17, 15) is 5.11 Å². The first-order valence-electron chi connectivity index (χ1n) is 6.55. The van der Waals surface area contributed by atoms with Gasteiger partial charge in [-0.05, 0) is 48.3 Å². The van der Waals surface area contributed by atoms with Crippen molar-refractivity contribution in [3.05, 3.63) is 37.7 Å². The van der Waals surface area contributed by atoms with E-state index in [2.05, 4.69) is 41.8 Å². The first-order chi connectivity index (χ1) is 9.06. The molecule has 0 saturated heterocycles. The molecule has 2 heterocycles. The van der Waals surface area contributed by atoms with Gasteiger partial charge in [0.05, 0.1) is 22.0 Å². The minimum atomic E-state index is -0.457. The van der Waals surface area contributed by atoms with Gasteiger partial charge >= 0.3 is 0 Å². The number of aryl methyl sites for hydroxylation is 3. The largest absolute Gasteiger partial charge is 0.387 e.